The smallest absolute Gasteiger partial charge is 0.202 e. The van der Waals surface area contributed by atoms with Crippen LogP contribution in [0.1, 0.15) is 52.3 Å². The Balaban J connectivity index is 1.89. The largest absolute Gasteiger partial charge is 0.358 e. The van der Waals surface area contributed by atoms with Crippen molar-refractivity contribution >= 4 is 16.7 Å². The lowest BCUT2D eigenvalue weighted by Crippen LogP contribution is -2.17. The third-order valence-corrected chi connectivity index (χ3v) is 3.92. The molecule has 1 fully saturated rings. The highest BCUT2D eigenvalue weighted by Crippen LogP contribution is 2.38. The molecule has 1 aliphatic rings. The molecule has 4 heteroatoms. The summed E-state index contributed by atoms with van der Waals surface area (Å²) in [5.41, 5.74) is 0.495. The first kappa shape index (κ1) is 11.8. The van der Waals surface area contributed by atoms with Crippen LogP contribution in [0.3, 0.4) is 0 Å². The van der Waals surface area contributed by atoms with E-state index in [-0.39, 0.29) is 0 Å². The number of anilines is 1. The van der Waals surface area contributed by atoms with Crippen LogP contribution in [0.5, 0.6) is 0 Å². The van der Waals surface area contributed by atoms with Gasteiger partial charge in [-0.25, -0.2) is 4.98 Å². The SMILES string of the molecule is CCCc1nsc(NC2CCC(C)(C)C2)n1. The molecular formula is C12H21N3S. The number of nitrogens with zero attached hydrogens (tertiary/aromatic N) is 2. The molecule has 0 bridgehead atoms. The summed E-state index contributed by atoms with van der Waals surface area (Å²) in [7, 11) is 0. The molecule has 0 aromatic carbocycles. The van der Waals surface area contributed by atoms with Crippen LogP contribution in [-0.4, -0.2) is 15.4 Å². The molecule has 1 aromatic rings. The first-order chi connectivity index (χ1) is 7.59. The number of hydrogen-bond acceptors (Lipinski definition) is 4. The summed E-state index contributed by atoms with van der Waals surface area (Å²) in [6.45, 7) is 6.85. The average Bonchev–Trinajstić information content (AvgIpc) is 2.75. The fourth-order valence-corrected chi connectivity index (χ4v) is 3.06. The van der Waals surface area contributed by atoms with E-state index in [1.54, 1.807) is 0 Å². The van der Waals surface area contributed by atoms with Crippen molar-refractivity contribution in [3.05, 3.63) is 5.82 Å². The van der Waals surface area contributed by atoms with Crippen LogP contribution < -0.4 is 5.32 Å². The maximum absolute atomic E-state index is 4.51. The Morgan fingerprint density at radius 1 is 1.50 bits per heavy atom. The second-order valence-electron chi connectivity index (χ2n) is 5.51. The average molecular weight is 239 g/mol. The highest BCUT2D eigenvalue weighted by Gasteiger charge is 2.31. The third kappa shape index (κ3) is 2.94. The van der Waals surface area contributed by atoms with Crippen molar-refractivity contribution in [2.45, 2.75) is 58.9 Å². The summed E-state index contributed by atoms with van der Waals surface area (Å²) < 4.78 is 4.35. The van der Waals surface area contributed by atoms with Gasteiger partial charge < -0.3 is 5.32 Å². The highest BCUT2D eigenvalue weighted by atomic mass is 32.1. The molecule has 0 saturated heterocycles. The Kier molecular flexibility index (Phi) is 3.47. The van der Waals surface area contributed by atoms with Gasteiger partial charge in [-0.1, -0.05) is 20.8 Å². The Hall–Kier alpha value is -0.640. The van der Waals surface area contributed by atoms with Crippen molar-refractivity contribution in [3.8, 4) is 0 Å². The Morgan fingerprint density at radius 3 is 2.94 bits per heavy atom. The van der Waals surface area contributed by atoms with Gasteiger partial charge in [0.2, 0.25) is 5.13 Å². The van der Waals surface area contributed by atoms with Gasteiger partial charge in [-0.2, -0.15) is 4.37 Å². The summed E-state index contributed by atoms with van der Waals surface area (Å²) in [6, 6.07) is 0.595. The zero-order valence-corrected chi connectivity index (χ0v) is 11.2. The van der Waals surface area contributed by atoms with Crippen LogP contribution in [0.4, 0.5) is 5.13 Å². The summed E-state index contributed by atoms with van der Waals surface area (Å²) in [6.07, 6.45) is 5.93. The van der Waals surface area contributed by atoms with Gasteiger partial charge in [0.1, 0.15) is 5.82 Å². The van der Waals surface area contributed by atoms with Gasteiger partial charge >= 0.3 is 0 Å². The number of hydrogen-bond donors (Lipinski definition) is 1. The van der Waals surface area contributed by atoms with Crippen molar-refractivity contribution in [2.75, 3.05) is 5.32 Å². The van der Waals surface area contributed by atoms with E-state index in [0.717, 1.165) is 23.8 Å². The Labute approximate surface area is 102 Å². The van der Waals surface area contributed by atoms with Crippen LogP contribution in [-0.2, 0) is 6.42 Å². The number of rotatable bonds is 4. The maximum Gasteiger partial charge on any atom is 0.202 e. The van der Waals surface area contributed by atoms with E-state index >= 15 is 0 Å². The van der Waals surface area contributed by atoms with Crippen LogP contribution >= 0.6 is 11.5 Å². The van der Waals surface area contributed by atoms with Gasteiger partial charge in [-0.15, -0.1) is 0 Å². The molecule has 1 heterocycles. The van der Waals surface area contributed by atoms with Gasteiger partial charge in [0.25, 0.3) is 0 Å². The maximum atomic E-state index is 4.51. The van der Waals surface area contributed by atoms with E-state index in [1.165, 1.54) is 30.8 Å². The van der Waals surface area contributed by atoms with Crippen molar-refractivity contribution in [1.82, 2.24) is 9.36 Å². The number of aromatic nitrogens is 2. The van der Waals surface area contributed by atoms with Gasteiger partial charge in [0.15, 0.2) is 0 Å². The normalized spacial score (nSPS) is 23.6. The molecule has 1 aliphatic carbocycles. The van der Waals surface area contributed by atoms with E-state index in [4.69, 9.17) is 0 Å². The van der Waals surface area contributed by atoms with E-state index in [0.29, 0.717) is 11.5 Å². The van der Waals surface area contributed by atoms with Crippen molar-refractivity contribution in [1.29, 1.82) is 0 Å². The van der Waals surface area contributed by atoms with E-state index in [2.05, 4.69) is 35.4 Å². The quantitative estimate of drug-likeness (QED) is 0.874. The first-order valence-corrected chi connectivity index (χ1v) is 6.95. The minimum Gasteiger partial charge on any atom is -0.358 e. The molecular weight excluding hydrogens is 218 g/mol. The summed E-state index contributed by atoms with van der Waals surface area (Å²) >= 11 is 1.50. The highest BCUT2D eigenvalue weighted by molar-refractivity contribution is 7.09. The molecule has 16 heavy (non-hydrogen) atoms. The lowest BCUT2D eigenvalue weighted by Gasteiger charge is -2.17. The van der Waals surface area contributed by atoms with Crippen LogP contribution in [0.2, 0.25) is 0 Å². The van der Waals surface area contributed by atoms with E-state index in [1.807, 2.05) is 0 Å². The summed E-state index contributed by atoms with van der Waals surface area (Å²) in [4.78, 5) is 4.51. The molecule has 90 valence electrons. The fraction of sp³-hybridized carbons (Fsp3) is 0.833. The zero-order chi connectivity index (χ0) is 11.6. The van der Waals surface area contributed by atoms with Crippen molar-refractivity contribution in [2.24, 2.45) is 5.41 Å². The van der Waals surface area contributed by atoms with Crippen molar-refractivity contribution < 1.29 is 0 Å². The zero-order valence-electron chi connectivity index (χ0n) is 10.4. The fourth-order valence-electron chi connectivity index (χ4n) is 2.37. The molecule has 2 rings (SSSR count). The predicted molar refractivity (Wildman–Crippen MR) is 68.9 cm³/mol. The van der Waals surface area contributed by atoms with Crippen LogP contribution in [0.25, 0.3) is 0 Å². The lowest BCUT2D eigenvalue weighted by molar-refractivity contribution is 0.378. The standard InChI is InChI=1S/C12H21N3S/c1-4-5-10-14-11(16-15-10)13-9-6-7-12(2,3)8-9/h9H,4-8H2,1-3H3,(H,13,14,15). The molecule has 0 spiro atoms. The number of nitrogens with one attached hydrogen (secondary N) is 1. The Bertz CT molecular complexity index is 346. The second kappa shape index (κ2) is 4.70. The molecule has 0 aliphatic heterocycles. The van der Waals surface area contributed by atoms with Gasteiger partial charge in [-0.05, 0) is 31.1 Å². The molecule has 1 unspecified atom stereocenters. The van der Waals surface area contributed by atoms with Crippen LogP contribution in [0, 0.1) is 5.41 Å². The topological polar surface area (TPSA) is 37.8 Å². The molecule has 0 amide bonds. The lowest BCUT2D eigenvalue weighted by atomic mass is 9.92. The van der Waals surface area contributed by atoms with E-state index in [9.17, 15) is 0 Å². The molecule has 1 saturated carbocycles. The summed E-state index contributed by atoms with van der Waals surface area (Å²) in [5.74, 6) is 0.993. The first-order valence-electron chi connectivity index (χ1n) is 6.18. The van der Waals surface area contributed by atoms with Gasteiger partial charge in [0.05, 0.1) is 0 Å². The predicted octanol–water partition coefficient (Wildman–Crippen LogP) is 3.48. The molecule has 1 aromatic heterocycles. The third-order valence-electron chi connectivity index (χ3n) is 3.24. The molecule has 1 atom stereocenters. The molecule has 0 radical (unpaired) electrons. The van der Waals surface area contributed by atoms with Crippen LogP contribution in [0.15, 0.2) is 0 Å². The molecule has 3 nitrogen and oxygen atoms in total. The van der Waals surface area contributed by atoms with Crippen molar-refractivity contribution in [3.63, 3.8) is 0 Å². The minimum atomic E-state index is 0.495. The van der Waals surface area contributed by atoms with E-state index < -0.39 is 0 Å². The molecule has 1 N–H and O–H groups in total. The van der Waals surface area contributed by atoms with Gasteiger partial charge in [-0.3, -0.25) is 0 Å². The Morgan fingerprint density at radius 2 is 2.31 bits per heavy atom. The van der Waals surface area contributed by atoms with Gasteiger partial charge in [0, 0.05) is 24.0 Å². The monoisotopic (exact) mass is 239 g/mol. The second-order valence-corrected chi connectivity index (χ2v) is 6.27. The minimum absolute atomic E-state index is 0.495. The summed E-state index contributed by atoms with van der Waals surface area (Å²) in [5, 5.41) is 4.53. The number of aryl methyl sites for hydroxylation is 1.